The van der Waals surface area contributed by atoms with E-state index in [0.717, 1.165) is 22.3 Å². The van der Waals surface area contributed by atoms with Crippen LogP contribution in [0.15, 0.2) is 18.2 Å². The number of H-pyrrole nitrogens is 1. The maximum atomic E-state index is 6.26. The molecule has 0 amide bonds. The SMILES string of the molecule is CC(C)c1[nH]c2cccc(Cl)c2c1CCN. The van der Waals surface area contributed by atoms with E-state index >= 15 is 0 Å². The Kier molecular flexibility index (Phi) is 3.22. The van der Waals surface area contributed by atoms with Crippen LogP contribution >= 0.6 is 11.6 Å². The van der Waals surface area contributed by atoms with Crippen LogP contribution in [0.3, 0.4) is 0 Å². The lowest BCUT2D eigenvalue weighted by molar-refractivity contribution is 0.809. The van der Waals surface area contributed by atoms with Crippen molar-refractivity contribution in [3.63, 3.8) is 0 Å². The van der Waals surface area contributed by atoms with Gasteiger partial charge < -0.3 is 10.7 Å². The normalized spacial score (nSPS) is 11.6. The summed E-state index contributed by atoms with van der Waals surface area (Å²) in [6, 6.07) is 5.96. The first-order valence-corrected chi connectivity index (χ1v) is 6.02. The lowest BCUT2D eigenvalue weighted by Crippen LogP contribution is -2.05. The molecular formula is C13H17ClN2. The number of hydrogen-bond donors (Lipinski definition) is 2. The summed E-state index contributed by atoms with van der Waals surface area (Å²) in [6.45, 7) is 5.01. The van der Waals surface area contributed by atoms with Gasteiger partial charge in [-0.05, 0) is 36.6 Å². The molecule has 3 heteroatoms. The summed E-state index contributed by atoms with van der Waals surface area (Å²) in [6.07, 6.45) is 0.872. The van der Waals surface area contributed by atoms with E-state index in [-0.39, 0.29) is 0 Å². The third-order valence-corrected chi connectivity index (χ3v) is 3.20. The fraction of sp³-hybridized carbons (Fsp3) is 0.385. The summed E-state index contributed by atoms with van der Waals surface area (Å²) in [5.74, 6) is 0.463. The van der Waals surface area contributed by atoms with Crippen LogP contribution in [0, 0.1) is 0 Å². The molecule has 0 aliphatic rings. The van der Waals surface area contributed by atoms with E-state index in [0.29, 0.717) is 12.5 Å². The first kappa shape index (κ1) is 11.5. The van der Waals surface area contributed by atoms with Crippen molar-refractivity contribution >= 4 is 22.5 Å². The summed E-state index contributed by atoms with van der Waals surface area (Å²) in [7, 11) is 0. The standard InChI is InChI=1S/C13H17ClN2/c1-8(2)13-9(6-7-15)12-10(14)4-3-5-11(12)16-13/h3-5,8,16H,6-7,15H2,1-2H3. The first-order chi connectivity index (χ1) is 7.65. The highest BCUT2D eigenvalue weighted by molar-refractivity contribution is 6.35. The largest absolute Gasteiger partial charge is 0.358 e. The van der Waals surface area contributed by atoms with Gasteiger partial charge in [-0.25, -0.2) is 0 Å². The van der Waals surface area contributed by atoms with Gasteiger partial charge in [0.05, 0.1) is 5.02 Å². The topological polar surface area (TPSA) is 41.8 Å². The Balaban J connectivity index is 2.72. The van der Waals surface area contributed by atoms with Crippen LogP contribution in [0.1, 0.15) is 31.0 Å². The van der Waals surface area contributed by atoms with Crippen molar-refractivity contribution in [1.29, 1.82) is 0 Å². The van der Waals surface area contributed by atoms with Crippen molar-refractivity contribution in [2.45, 2.75) is 26.2 Å². The van der Waals surface area contributed by atoms with Gasteiger partial charge in [0.25, 0.3) is 0 Å². The minimum absolute atomic E-state index is 0.463. The summed E-state index contributed by atoms with van der Waals surface area (Å²) >= 11 is 6.26. The Morgan fingerprint density at radius 1 is 1.38 bits per heavy atom. The Labute approximate surface area is 101 Å². The summed E-state index contributed by atoms with van der Waals surface area (Å²) in [5.41, 5.74) is 9.32. The lowest BCUT2D eigenvalue weighted by atomic mass is 10.0. The number of benzene rings is 1. The maximum absolute atomic E-state index is 6.26. The lowest BCUT2D eigenvalue weighted by Gasteiger charge is -2.06. The summed E-state index contributed by atoms with van der Waals surface area (Å²) in [4.78, 5) is 3.45. The van der Waals surface area contributed by atoms with Crippen LogP contribution in [0.2, 0.25) is 5.02 Å². The van der Waals surface area contributed by atoms with E-state index in [1.54, 1.807) is 0 Å². The minimum Gasteiger partial charge on any atom is -0.358 e. The molecule has 86 valence electrons. The van der Waals surface area contributed by atoms with E-state index in [9.17, 15) is 0 Å². The van der Waals surface area contributed by atoms with Gasteiger partial charge in [0, 0.05) is 16.6 Å². The van der Waals surface area contributed by atoms with E-state index in [4.69, 9.17) is 17.3 Å². The molecule has 1 aromatic heterocycles. The Morgan fingerprint density at radius 2 is 2.12 bits per heavy atom. The number of aromatic amines is 1. The van der Waals surface area contributed by atoms with E-state index in [2.05, 4.69) is 24.9 Å². The van der Waals surface area contributed by atoms with Gasteiger partial charge in [-0.15, -0.1) is 0 Å². The number of halogens is 1. The molecular weight excluding hydrogens is 220 g/mol. The van der Waals surface area contributed by atoms with Gasteiger partial charge in [-0.2, -0.15) is 0 Å². The van der Waals surface area contributed by atoms with E-state index < -0.39 is 0 Å². The van der Waals surface area contributed by atoms with Gasteiger partial charge in [0.1, 0.15) is 0 Å². The minimum atomic E-state index is 0.463. The quantitative estimate of drug-likeness (QED) is 0.842. The van der Waals surface area contributed by atoms with Gasteiger partial charge >= 0.3 is 0 Å². The number of aromatic nitrogens is 1. The van der Waals surface area contributed by atoms with Gasteiger partial charge in [0.2, 0.25) is 0 Å². The molecule has 0 aliphatic carbocycles. The van der Waals surface area contributed by atoms with Crippen molar-refractivity contribution in [2.75, 3.05) is 6.54 Å². The van der Waals surface area contributed by atoms with E-state index in [1.165, 1.54) is 11.3 Å². The third-order valence-electron chi connectivity index (χ3n) is 2.88. The van der Waals surface area contributed by atoms with Crippen molar-refractivity contribution in [3.8, 4) is 0 Å². The molecule has 0 saturated carbocycles. The van der Waals surface area contributed by atoms with Crippen LogP contribution in [0.5, 0.6) is 0 Å². The number of rotatable bonds is 3. The molecule has 2 nitrogen and oxygen atoms in total. The fourth-order valence-corrected chi connectivity index (χ4v) is 2.48. The van der Waals surface area contributed by atoms with Crippen LogP contribution in [0.4, 0.5) is 0 Å². The molecule has 0 radical (unpaired) electrons. The number of nitrogens with two attached hydrogens (primary N) is 1. The second-order valence-corrected chi connectivity index (χ2v) is 4.78. The summed E-state index contributed by atoms with van der Waals surface area (Å²) < 4.78 is 0. The van der Waals surface area contributed by atoms with Crippen molar-refractivity contribution in [3.05, 3.63) is 34.5 Å². The first-order valence-electron chi connectivity index (χ1n) is 5.64. The predicted octanol–water partition coefficient (Wildman–Crippen LogP) is 3.45. The Morgan fingerprint density at radius 3 is 2.75 bits per heavy atom. The van der Waals surface area contributed by atoms with Gasteiger partial charge in [0.15, 0.2) is 0 Å². The van der Waals surface area contributed by atoms with Gasteiger partial charge in [-0.3, -0.25) is 0 Å². The number of fused-ring (bicyclic) bond motifs is 1. The number of nitrogens with one attached hydrogen (secondary N) is 1. The Hall–Kier alpha value is -0.990. The molecule has 0 spiro atoms. The fourth-order valence-electron chi connectivity index (χ4n) is 2.19. The molecule has 0 unspecified atom stereocenters. The van der Waals surface area contributed by atoms with Crippen molar-refractivity contribution in [1.82, 2.24) is 4.98 Å². The number of hydrogen-bond acceptors (Lipinski definition) is 1. The predicted molar refractivity (Wildman–Crippen MR) is 70.2 cm³/mol. The van der Waals surface area contributed by atoms with Gasteiger partial charge in [-0.1, -0.05) is 31.5 Å². The average molecular weight is 237 g/mol. The zero-order chi connectivity index (χ0) is 11.7. The highest BCUT2D eigenvalue weighted by Crippen LogP contribution is 2.32. The zero-order valence-corrected chi connectivity index (χ0v) is 10.4. The molecule has 0 atom stereocenters. The van der Waals surface area contributed by atoms with Crippen LogP contribution < -0.4 is 5.73 Å². The second kappa shape index (κ2) is 4.48. The average Bonchev–Trinajstić information content (AvgIpc) is 2.59. The molecule has 0 saturated heterocycles. The highest BCUT2D eigenvalue weighted by Gasteiger charge is 2.15. The van der Waals surface area contributed by atoms with Crippen LogP contribution in [-0.4, -0.2) is 11.5 Å². The van der Waals surface area contributed by atoms with Crippen LogP contribution in [-0.2, 0) is 6.42 Å². The smallest absolute Gasteiger partial charge is 0.0502 e. The molecule has 1 heterocycles. The molecule has 0 aliphatic heterocycles. The highest BCUT2D eigenvalue weighted by atomic mass is 35.5. The molecule has 2 aromatic rings. The zero-order valence-electron chi connectivity index (χ0n) is 9.68. The molecule has 0 fully saturated rings. The molecule has 1 aromatic carbocycles. The van der Waals surface area contributed by atoms with Crippen molar-refractivity contribution in [2.24, 2.45) is 5.73 Å². The second-order valence-electron chi connectivity index (χ2n) is 4.37. The molecule has 3 N–H and O–H groups in total. The maximum Gasteiger partial charge on any atom is 0.0502 e. The van der Waals surface area contributed by atoms with Crippen molar-refractivity contribution < 1.29 is 0 Å². The molecule has 0 bridgehead atoms. The van der Waals surface area contributed by atoms with E-state index in [1.807, 2.05) is 12.1 Å². The molecule has 2 rings (SSSR count). The Bertz CT molecular complexity index is 500. The van der Waals surface area contributed by atoms with Crippen LogP contribution in [0.25, 0.3) is 10.9 Å². The molecule has 16 heavy (non-hydrogen) atoms. The summed E-state index contributed by atoms with van der Waals surface area (Å²) in [5, 5.41) is 1.95. The monoisotopic (exact) mass is 236 g/mol. The third kappa shape index (κ3) is 1.83.